The normalized spacial score (nSPS) is 11.2. The third-order valence-electron chi connectivity index (χ3n) is 4.48. The van der Waals surface area contributed by atoms with E-state index in [1.54, 1.807) is 0 Å². The van der Waals surface area contributed by atoms with E-state index in [0.717, 1.165) is 23.3 Å². The molecule has 0 saturated carbocycles. The Labute approximate surface area is 136 Å². The lowest BCUT2D eigenvalue weighted by Crippen LogP contribution is -2.11. The molecule has 0 atom stereocenters. The Morgan fingerprint density at radius 2 is 1.48 bits per heavy atom. The fourth-order valence-corrected chi connectivity index (χ4v) is 3.26. The highest BCUT2D eigenvalue weighted by Crippen LogP contribution is 2.37. The summed E-state index contributed by atoms with van der Waals surface area (Å²) < 4.78 is 6.16. The molecule has 4 aromatic rings. The molecule has 0 spiro atoms. The summed E-state index contributed by atoms with van der Waals surface area (Å²) in [5.41, 5.74) is 5.54. The fourth-order valence-electron chi connectivity index (χ4n) is 3.26. The van der Waals surface area contributed by atoms with Gasteiger partial charge in [-0.3, -0.25) is 0 Å². The molecule has 0 unspecified atom stereocenters. The molecule has 0 fully saturated rings. The lowest BCUT2D eigenvalue weighted by atomic mass is 10.1. The first-order valence-corrected chi connectivity index (χ1v) is 8.01. The van der Waals surface area contributed by atoms with E-state index in [2.05, 4.69) is 73.5 Å². The van der Waals surface area contributed by atoms with Crippen LogP contribution in [0, 0.1) is 0 Å². The number of hydrogen-bond donors (Lipinski definition) is 0. The Bertz CT molecular complexity index is 983. The summed E-state index contributed by atoms with van der Waals surface area (Å²) in [6, 6.07) is 23.1. The van der Waals surface area contributed by atoms with Gasteiger partial charge >= 0.3 is 0 Å². The Hall–Kier alpha value is -2.74. The molecule has 0 radical (unpaired) electrons. The molecule has 0 aliphatic carbocycles. The lowest BCUT2D eigenvalue weighted by molar-refractivity contribution is 0.668. The Balaban J connectivity index is 1.95. The number of para-hydroxylation sites is 3. The van der Waals surface area contributed by atoms with E-state index in [9.17, 15) is 0 Å². The van der Waals surface area contributed by atoms with Crippen LogP contribution in [-0.2, 0) is 6.42 Å². The standard InChI is InChI=1S/C21H19NO/c1-3-15-9-4-6-12-18(15)22(2)19-13-8-11-17-16-10-5-7-14-20(16)23-21(17)19/h4-14H,3H2,1-2H3. The average molecular weight is 301 g/mol. The summed E-state index contributed by atoms with van der Waals surface area (Å²) >= 11 is 0. The molecule has 2 nitrogen and oxygen atoms in total. The van der Waals surface area contributed by atoms with Crippen LogP contribution < -0.4 is 4.90 Å². The van der Waals surface area contributed by atoms with Gasteiger partial charge < -0.3 is 9.32 Å². The van der Waals surface area contributed by atoms with Crippen molar-refractivity contribution in [2.24, 2.45) is 0 Å². The second-order valence-corrected chi connectivity index (χ2v) is 5.79. The average Bonchev–Trinajstić information content (AvgIpc) is 3.00. The largest absolute Gasteiger partial charge is 0.454 e. The summed E-state index contributed by atoms with van der Waals surface area (Å²) in [6.07, 6.45) is 1.01. The molecule has 0 bridgehead atoms. The maximum atomic E-state index is 6.16. The van der Waals surface area contributed by atoms with Crippen LogP contribution in [0.5, 0.6) is 0 Å². The van der Waals surface area contributed by atoms with Crippen molar-refractivity contribution < 1.29 is 4.42 Å². The van der Waals surface area contributed by atoms with E-state index in [4.69, 9.17) is 4.42 Å². The Morgan fingerprint density at radius 1 is 0.783 bits per heavy atom. The van der Waals surface area contributed by atoms with Crippen LogP contribution in [0.1, 0.15) is 12.5 Å². The molecule has 1 aromatic heterocycles. The third-order valence-corrected chi connectivity index (χ3v) is 4.48. The quantitative estimate of drug-likeness (QED) is 0.467. The van der Waals surface area contributed by atoms with Crippen LogP contribution in [0.4, 0.5) is 11.4 Å². The van der Waals surface area contributed by atoms with Crippen LogP contribution in [-0.4, -0.2) is 7.05 Å². The SMILES string of the molecule is CCc1ccccc1N(C)c1cccc2c1oc1ccccc12. The summed E-state index contributed by atoms with van der Waals surface area (Å²) in [5.74, 6) is 0. The summed E-state index contributed by atoms with van der Waals surface area (Å²) in [5, 5.41) is 2.33. The first-order valence-electron chi connectivity index (χ1n) is 8.01. The monoisotopic (exact) mass is 301 g/mol. The van der Waals surface area contributed by atoms with Crippen LogP contribution in [0.2, 0.25) is 0 Å². The van der Waals surface area contributed by atoms with E-state index in [1.165, 1.54) is 22.0 Å². The molecule has 4 rings (SSSR count). The number of rotatable bonds is 3. The number of anilines is 2. The zero-order valence-corrected chi connectivity index (χ0v) is 13.4. The molecule has 2 heteroatoms. The minimum absolute atomic E-state index is 0.937. The van der Waals surface area contributed by atoms with E-state index in [-0.39, 0.29) is 0 Å². The minimum atomic E-state index is 0.937. The lowest BCUT2D eigenvalue weighted by Gasteiger charge is -2.22. The number of aryl methyl sites for hydroxylation is 1. The molecule has 3 aromatic carbocycles. The van der Waals surface area contributed by atoms with Crippen molar-refractivity contribution in [3.05, 3.63) is 72.3 Å². The van der Waals surface area contributed by atoms with E-state index in [0.29, 0.717) is 0 Å². The summed E-state index contributed by atoms with van der Waals surface area (Å²) in [7, 11) is 2.11. The van der Waals surface area contributed by atoms with Gasteiger partial charge in [0.25, 0.3) is 0 Å². The van der Waals surface area contributed by atoms with Crippen LogP contribution >= 0.6 is 0 Å². The molecule has 0 N–H and O–H groups in total. The first-order chi connectivity index (χ1) is 11.3. The number of benzene rings is 3. The molecule has 0 saturated heterocycles. The van der Waals surface area contributed by atoms with Crippen molar-refractivity contribution in [1.29, 1.82) is 0 Å². The van der Waals surface area contributed by atoms with Gasteiger partial charge in [-0.05, 0) is 30.2 Å². The van der Waals surface area contributed by atoms with Crippen molar-refractivity contribution in [3.63, 3.8) is 0 Å². The van der Waals surface area contributed by atoms with Crippen molar-refractivity contribution in [2.45, 2.75) is 13.3 Å². The number of nitrogens with zero attached hydrogens (tertiary/aromatic N) is 1. The predicted octanol–water partition coefficient (Wildman–Crippen LogP) is 5.92. The van der Waals surface area contributed by atoms with Gasteiger partial charge in [0.1, 0.15) is 5.58 Å². The van der Waals surface area contributed by atoms with Crippen molar-refractivity contribution in [2.75, 3.05) is 11.9 Å². The second-order valence-electron chi connectivity index (χ2n) is 5.79. The highest BCUT2D eigenvalue weighted by Gasteiger charge is 2.15. The van der Waals surface area contributed by atoms with Crippen molar-refractivity contribution in [3.8, 4) is 0 Å². The highest BCUT2D eigenvalue weighted by molar-refractivity contribution is 6.09. The van der Waals surface area contributed by atoms with Gasteiger partial charge in [-0.1, -0.05) is 55.5 Å². The maximum Gasteiger partial charge on any atom is 0.159 e. The van der Waals surface area contributed by atoms with E-state index < -0.39 is 0 Å². The number of fused-ring (bicyclic) bond motifs is 3. The molecular formula is C21H19NO. The van der Waals surface area contributed by atoms with Gasteiger partial charge in [0.15, 0.2) is 5.58 Å². The number of furan rings is 1. The second kappa shape index (κ2) is 5.47. The van der Waals surface area contributed by atoms with E-state index in [1.807, 2.05) is 12.1 Å². The zero-order valence-electron chi connectivity index (χ0n) is 13.4. The topological polar surface area (TPSA) is 16.4 Å². The van der Waals surface area contributed by atoms with Gasteiger partial charge in [-0.2, -0.15) is 0 Å². The van der Waals surface area contributed by atoms with Gasteiger partial charge in [0.2, 0.25) is 0 Å². The Kier molecular flexibility index (Phi) is 3.30. The first kappa shape index (κ1) is 13.9. The van der Waals surface area contributed by atoms with Gasteiger partial charge in [-0.25, -0.2) is 0 Å². The Morgan fingerprint density at radius 3 is 2.35 bits per heavy atom. The van der Waals surface area contributed by atoms with Crippen LogP contribution in [0.15, 0.2) is 71.1 Å². The van der Waals surface area contributed by atoms with Gasteiger partial charge in [0, 0.05) is 23.5 Å². The molecule has 23 heavy (non-hydrogen) atoms. The maximum absolute atomic E-state index is 6.16. The number of hydrogen-bond acceptors (Lipinski definition) is 2. The molecule has 0 aliphatic heterocycles. The van der Waals surface area contributed by atoms with Crippen LogP contribution in [0.25, 0.3) is 21.9 Å². The predicted molar refractivity (Wildman–Crippen MR) is 97.6 cm³/mol. The van der Waals surface area contributed by atoms with Gasteiger partial charge in [-0.15, -0.1) is 0 Å². The van der Waals surface area contributed by atoms with Gasteiger partial charge in [0.05, 0.1) is 5.69 Å². The molecule has 0 aliphatic rings. The highest BCUT2D eigenvalue weighted by atomic mass is 16.3. The minimum Gasteiger partial charge on any atom is -0.454 e. The molecule has 0 amide bonds. The zero-order chi connectivity index (χ0) is 15.8. The van der Waals surface area contributed by atoms with Crippen LogP contribution in [0.3, 0.4) is 0 Å². The smallest absolute Gasteiger partial charge is 0.159 e. The van der Waals surface area contributed by atoms with Crippen molar-refractivity contribution in [1.82, 2.24) is 0 Å². The molecule has 1 heterocycles. The molecule has 114 valence electrons. The third kappa shape index (κ3) is 2.18. The van der Waals surface area contributed by atoms with E-state index >= 15 is 0 Å². The summed E-state index contributed by atoms with van der Waals surface area (Å²) in [4.78, 5) is 2.23. The fraction of sp³-hybridized carbons (Fsp3) is 0.143. The molecular weight excluding hydrogens is 282 g/mol. The van der Waals surface area contributed by atoms with Crippen molar-refractivity contribution >= 4 is 33.3 Å². The summed E-state index contributed by atoms with van der Waals surface area (Å²) in [6.45, 7) is 2.19.